The number of furan rings is 1. The Labute approximate surface area is 153 Å². The molecule has 0 aliphatic rings. The van der Waals surface area contributed by atoms with Gasteiger partial charge in [0.05, 0.1) is 12.0 Å². The molecule has 3 heterocycles. The molecule has 1 amide bonds. The lowest BCUT2D eigenvalue weighted by Crippen LogP contribution is -2.24. The third-order valence-corrected chi connectivity index (χ3v) is 4.59. The number of benzene rings is 1. The number of hydrogen-bond donors (Lipinski definition) is 1. The molecule has 0 saturated carbocycles. The van der Waals surface area contributed by atoms with E-state index >= 15 is 0 Å². The van der Waals surface area contributed by atoms with Gasteiger partial charge in [0.25, 0.3) is 0 Å². The van der Waals surface area contributed by atoms with Gasteiger partial charge in [-0.2, -0.15) is 9.61 Å². The van der Waals surface area contributed by atoms with Gasteiger partial charge in [0, 0.05) is 6.54 Å². The fraction of sp³-hybridized carbons (Fsp3) is 0.111. The van der Waals surface area contributed by atoms with Crippen LogP contribution in [0.25, 0.3) is 17.1 Å². The third-order valence-electron chi connectivity index (χ3n) is 3.67. The predicted octanol–water partition coefficient (Wildman–Crippen LogP) is 2.79. The summed E-state index contributed by atoms with van der Waals surface area (Å²) in [5.41, 5.74) is 2.36. The van der Waals surface area contributed by atoms with Crippen LogP contribution < -0.4 is 5.32 Å². The topological polar surface area (TPSA) is 85.3 Å². The summed E-state index contributed by atoms with van der Waals surface area (Å²) < 4.78 is 6.99. The SMILES string of the molecule is O=C(CSc1nnc2ccc(-c3ccco3)nn12)NCc1ccccc1. The maximum Gasteiger partial charge on any atom is 0.230 e. The van der Waals surface area contributed by atoms with E-state index in [1.54, 1.807) is 16.8 Å². The number of aromatic nitrogens is 4. The van der Waals surface area contributed by atoms with Crippen LogP contribution in [0, 0.1) is 0 Å². The Balaban J connectivity index is 1.42. The first-order valence-corrected chi connectivity index (χ1v) is 8.98. The van der Waals surface area contributed by atoms with Gasteiger partial charge in [0.15, 0.2) is 11.4 Å². The molecular weight excluding hydrogens is 350 g/mol. The average molecular weight is 365 g/mol. The minimum atomic E-state index is -0.0715. The molecule has 8 heteroatoms. The van der Waals surface area contributed by atoms with Gasteiger partial charge in [0.1, 0.15) is 5.69 Å². The normalized spacial score (nSPS) is 10.9. The standard InChI is InChI=1S/C18H15N5O2S/c24-17(19-11-13-5-2-1-3-6-13)12-26-18-21-20-16-9-8-14(22-23(16)18)15-7-4-10-25-15/h1-10H,11-12H2,(H,19,24). The third kappa shape index (κ3) is 3.60. The van der Waals surface area contributed by atoms with Crippen LogP contribution in [-0.2, 0) is 11.3 Å². The molecule has 7 nitrogen and oxygen atoms in total. The lowest BCUT2D eigenvalue weighted by molar-refractivity contribution is -0.118. The first kappa shape index (κ1) is 16.3. The van der Waals surface area contributed by atoms with Crippen molar-refractivity contribution in [3.8, 4) is 11.5 Å². The fourth-order valence-electron chi connectivity index (χ4n) is 2.39. The summed E-state index contributed by atoms with van der Waals surface area (Å²) in [7, 11) is 0. The highest BCUT2D eigenvalue weighted by Crippen LogP contribution is 2.20. The molecule has 0 unspecified atom stereocenters. The number of rotatable bonds is 6. The smallest absolute Gasteiger partial charge is 0.230 e. The Morgan fingerprint density at radius 3 is 2.77 bits per heavy atom. The van der Waals surface area contributed by atoms with Crippen molar-refractivity contribution in [2.24, 2.45) is 0 Å². The lowest BCUT2D eigenvalue weighted by atomic mass is 10.2. The van der Waals surface area contributed by atoms with Crippen LogP contribution >= 0.6 is 11.8 Å². The van der Waals surface area contributed by atoms with E-state index in [4.69, 9.17) is 4.42 Å². The summed E-state index contributed by atoms with van der Waals surface area (Å²) in [6.07, 6.45) is 1.60. The van der Waals surface area contributed by atoms with Gasteiger partial charge in [0.2, 0.25) is 11.1 Å². The van der Waals surface area contributed by atoms with Crippen molar-refractivity contribution >= 4 is 23.3 Å². The number of nitrogens with zero attached hydrogens (tertiary/aromatic N) is 4. The fourth-order valence-corrected chi connectivity index (χ4v) is 3.11. The van der Waals surface area contributed by atoms with E-state index in [1.165, 1.54) is 11.8 Å². The van der Waals surface area contributed by atoms with E-state index < -0.39 is 0 Å². The Hall–Kier alpha value is -3.13. The molecule has 0 aliphatic heterocycles. The van der Waals surface area contributed by atoms with Crippen molar-refractivity contribution in [2.75, 3.05) is 5.75 Å². The van der Waals surface area contributed by atoms with Gasteiger partial charge in [-0.15, -0.1) is 10.2 Å². The second-order valence-corrected chi connectivity index (χ2v) is 6.44. The molecule has 0 fully saturated rings. The van der Waals surface area contributed by atoms with Crippen molar-refractivity contribution in [3.63, 3.8) is 0 Å². The molecule has 0 saturated heterocycles. The van der Waals surface area contributed by atoms with Crippen LogP contribution in [-0.4, -0.2) is 31.5 Å². The Bertz CT molecular complexity index is 1010. The summed E-state index contributed by atoms with van der Waals surface area (Å²) in [5, 5.41) is 16.1. The second kappa shape index (κ2) is 7.40. The van der Waals surface area contributed by atoms with Gasteiger partial charge in [-0.05, 0) is 29.8 Å². The van der Waals surface area contributed by atoms with Crippen molar-refractivity contribution in [2.45, 2.75) is 11.7 Å². The molecule has 0 atom stereocenters. The maximum absolute atomic E-state index is 12.1. The number of carbonyl (C=O) groups is 1. The molecule has 1 aromatic carbocycles. The Morgan fingerprint density at radius 1 is 1.08 bits per heavy atom. The van der Waals surface area contributed by atoms with E-state index in [0.29, 0.717) is 28.8 Å². The number of amides is 1. The van der Waals surface area contributed by atoms with Gasteiger partial charge >= 0.3 is 0 Å². The maximum atomic E-state index is 12.1. The molecule has 0 bridgehead atoms. The van der Waals surface area contributed by atoms with Crippen molar-refractivity contribution < 1.29 is 9.21 Å². The van der Waals surface area contributed by atoms with Gasteiger partial charge < -0.3 is 9.73 Å². The molecule has 0 radical (unpaired) electrons. The number of fused-ring (bicyclic) bond motifs is 1. The zero-order chi connectivity index (χ0) is 17.8. The van der Waals surface area contributed by atoms with E-state index in [-0.39, 0.29) is 11.7 Å². The number of thioether (sulfide) groups is 1. The summed E-state index contributed by atoms with van der Waals surface area (Å²) in [4.78, 5) is 12.1. The molecule has 130 valence electrons. The van der Waals surface area contributed by atoms with Crippen LogP contribution in [0.15, 0.2) is 70.4 Å². The zero-order valence-electron chi connectivity index (χ0n) is 13.7. The Morgan fingerprint density at radius 2 is 1.96 bits per heavy atom. The molecule has 1 N–H and O–H groups in total. The van der Waals surface area contributed by atoms with Crippen LogP contribution in [0.2, 0.25) is 0 Å². The number of nitrogens with one attached hydrogen (secondary N) is 1. The predicted molar refractivity (Wildman–Crippen MR) is 97.5 cm³/mol. The molecule has 0 spiro atoms. The summed E-state index contributed by atoms with van der Waals surface area (Å²) in [6.45, 7) is 0.502. The average Bonchev–Trinajstić information content (AvgIpc) is 3.35. The monoisotopic (exact) mass is 365 g/mol. The lowest BCUT2D eigenvalue weighted by Gasteiger charge is -2.04. The van der Waals surface area contributed by atoms with Crippen molar-refractivity contribution in [1.29, 1.82) is 0 Å². The van der Waals surface area contributed by atoms with E-state index in [2.05, 4.69) is 20.6 Å². The summed E-state index contributed by atoms with van der Waals surface area (Å²) in [6, 6.07) is 17.1. The largest absolute Gasteiger partial charge is 0.463 e. The van der Waals surface area contributed by atoms with E-state index in [0.717, 1.165) is 5.56 Å². The van der Waals surface area contributed by atoms with Crippen molar-refractivity contribution in [1.82, 2.24) is 25.1 Å². The molecule has 4 rings (SSSR count). The van der Waals surface area contributed by atoms with Crippen LogP contribution in [0.4, 0.5) is 0 Å². The quantitative estimate of drug-likeness (QED) is 0.529. The molecule has 3 aromatic heterocycles. The number of hydrogen-bond acceptors (Lipinski definition) is 6. The van der Waals surface area contributed by atoms with Gasteiger partial charge in [-0.25, -0.2) is 0 Å². The number of carbonyl (C=O) groups excluding carboxylic acids is 1. The molecule has 26 heavy (non-hydrogen) atoms. The Kier molecular flexibility index (Phi) is 4.65. The summed E-state index contributed by atoms with van der Waals surface area (Å²) >= 11 is 1.29. The molecule has 0 aliphatic carbocycles. The second-order valence-electron chi connectivity index (χ2n) is 5.50. The molecular formula is C18H15N5O2S. The van der Waals surface area contributed by atoms with E-state index in [9.17, 15) is 4.79 Å². The first-order chi connectivity index (χ1) is 12.8. The van der Waals surface area contributed by atoms with Gasteiger partial charge in [-0.1, -0.05) is 42.1 Å². The van der Waals surface area contributed by atoms with Crippen LogP contribution in [0.1, 0.15) is 5.56 Å². The highest BCUT2D eigenvalue weighted by molar-refractivity contribution is 7.99. The molecule has 4 aromatic rings. The van der Waals surface area contributed by atoms with Crippen molar-refractivity contribution in [3.05, 3.63) is 66.4 Å². The van der Waals surface area contributed by atoms with E-state index in [1.807, 2.05) is 48.5 Å². The van der Waals surface area contributed by atoms with Crippen LogP contribution in [0.5, 0.6) is 0 Å². The minimum absolute atomic E-state index is 0.0715. The minimum Gasteiger partial charge on any atom is -0.463 e. The van der Waals surface area contributed by atoms with Crippen LogP contribution in [0.3, 0.4) is 0 Å². The first-order valence-electron chi connectivity index (χ1n) is 7.99. The van der Waals surface area contributed by atoms with Gasteiger partial charge in [-0.3, -0.25) is 4.79 Å². The zero-order valence-corrected chi connectivity index (χ0v) is 14.5. The highest BCUT2D eigenvalue weighted by atomic mass is 32.2. The highest BCUT2D eigenvalue weighted by Gasteiger charge is 2.12. The summed E-state index contributed by atoms with van der Waals surface area (Å²) in [5.74, 6) is 0.829.